The standard InChI is InChI=1S/C13H20N2O2/c1-15(10-12-5-3-7-17-12)13(16)8-11-4-2-6-14-9-11/h3,5,7,11,14H,2,4,6,8-10H2,1H3. The first-order valence-electron chi connectivity index (χ1n) is 6.23. The molecule has 0 aromatic carbocycles. The first-order valence-corrected chi connectivity index (χ1v) is 6.23. The zero-order valence-corrected chi connectivity index (χ0v) is 10.3. The minimum absolute atomic E-state index is 0.204. The van der Waals surface area contributed by atoms with Gasteiger partial charge in [0, 0.05) is 13.5 Å². The lowest BCUT2D eigenvalue weighted by Gasteiger charge is -2.24. The van der Waals surface area contributed by atoms with Crippen molar-refractivity contribution in [3.05, 3.63) is 24.2 Å². The molecule has 0 bridgehead atoms. The molecule has 0 radical (unpaired) electrons. The van der Waals surface area contributed by atoms with E-state index in [2.05, 4.69) is 5.32 Å². The molecule has 2 rings (SSSR count). The Kier molecular flexibility index (Phi) is 4.20. The molecule has 1 aromatic rings. The monoisotopic (exact) mass is 236 g/mol. The molecular formula is C13H20N2O2. The molecular weight excluding hydrogens is 216 g/mol. The third-order valence-electron chi connectivity index (χ3n) is 3.26. The van der Waals surface area contributed by atoms with Crippen LogP contribution in [0, 0.1) is 5.92 Å². The van der Waals surface area contributed by atoms with E-state index in [1.165, 1.54) is 6.42 Å². The van der Waals surface area contributed by atoms with Crippen LogP contribution in [0.25, 0.3) is 0 Å². The summed E-state index contributed by atoms with van der Waals surface area (Å²) >= 11 is 0. The predicted octanol–water partition coefficient (Wildman–Crippen LogP) is 1.63. The van der Waals surface area contributed by atoms with Crippen molar-refractivity contribution in [3.63, 3.8) is 0 Å². The van der Waals surface area contributed by atoms with Gasteiger partial charge in [0.15, 0.2) is 0 Å². The Morgan fingerprint density at radius 1 is 1.65 bits per heavy atom. The highest BCUT2D eigenvalue weighted by atomic mass is 16.3. The van der Waals surface area contributed by atoms with Crippen LogP contribution in [0.1, 0.15) is 25.0 Å². The minimum Gasteiger partial charge on any atom is -0.467 e. The molecule has 1 amide bonds. The molecule has 0 aliphatic carbocycles. The van der Waals surface area contributed by atoms with Gasteiger partial charge in [-0.2, -0.15) is 0 Å². The third-order valence-corrected chi connectivity index (χ3v) is 3.26. The van der Waals surface area contributed by atoms with Crippen LogP contribution >= 0.6 is 0 Å². The fourth-order valence-electron chi connectivity index (χ4n) is 2.23. The van der Waals surface area contributed by atoms with Gasteiger partial charge in [-0.1, -0.05) is 0 Å². The Hall–Kier alpha value is -1.29. The number of hydrogen-bond donors (Lipinski definition) is 1. The van der Waals surface area contributed by atoms with Gasteiger partial charge in [0.2, 0.25) is 5.91 Å². The summed E-state index contributed by atoms with van der Waals surface area (Å²) in [5, 5.41) is 3.34. The molecule has 17 heavy (non-hydrogen) atoms. The number of carbonyl (C=O) groups excluding carboxylic acids is 1. The Morgan fingerprint density at radius 3 is 3.18 bits per heavy atom. The largest absolute Gasteiger partial charge is 0.467 e. The van der Waals surface area contributed by atoms with Gasteiger partial charge in [0.1, 0.15) is 5.76 Å². The Labute approximate surface area is 102 Å². The average Bonchev–Trinajstić information content (AvgIpc) is 2.83. The highest BCUT2D eigenvalue weighted by Gasteiger charge is 2.19. The maximum Gasteiger partial charge on any atom is 0.223 e. The summed E-state index contributed by atoms with van der Waals surface area (Å²) in [4.78, 5) is 13.7. The summed E-state index contributed by atoms with van der Waals surface area (Å²) < 4.78 is 5.24. The van der Waals surface area contributed by atoms with Gasteiger partial charge in [0.25, 0.3) is 0 Å². The van der Waals surface area contributed by atoms with E-state index < -0.39 is 0 Å². The van der Waals surface area contributed by atoms with Crippen LogP contribution in [0.4, 0.5) is 0 Å². The molecule has 1 aliphatic rings. The molecule has 4 nitrogen and oxygen atoms in total. The molecule has 1 aromatic heterocycles. The number of furan rings is 1. The van der Waals surface area contributed by atoms with Gasteiger partial charge in [-0.15, -0.1) is 0 Å². The van der Waals surface area contributed by atoms with Crippen LogP contribution in [0.5, 0.6) is 0 Å². The number of nitrogens with zero attached hydrogens (tertiary/aromatic N) is 1. The summed E-state index contributed by atoms with van der Waals surface area (Å²) in [5.74, 6) is 1.54. The molecule has 1 aliphatic heterocycles. The predicted molar refractivity (Wildman–Crippen MR) is 65.4 cm³/mol. The number of amides is 1. The first kappa shape index (κ1) is 12.2. The smallest absolute Gasteiger partial charge is 0.223 e. The van der Waals surface area contributed by atoms with Crippen LogP contribution in [-0.4, -0.2) is 30.9 Å². The maximum absolute atomic E-state index is 12.0. The molecule has 4 heteroatoms. The van der Waals surface area contributed by atoms with Crippen LogP contribution in [0.15, 0.2) is 22.8 Å². The van der Waals surface area contributed by atoms with Crippen molar-refractivity contribution in [2.24, 2.45) is 5.92 Å². The fourth-order valence-corrected chi connectivity index (χ4v) is 2.23. The Balaban J connectivity index is 1.78. The zero-order valence-electron chi connectivity index (χ0n) is 10.3. The minimum atomic E-state index is 0.204. The van der Waals surface area contributed by atoms with Crippen molar-refractivity contribution >= 4 is 5.91 Å². The second-order valence-corrected chi connectivity index (χ2v) is 4.75. The zero-order chi connectivity index (χ0) is 12.1. The molecule has 1 N–H and O–H groups in total. The fraction of sp³-hybridized carbons (Fsp3) is 0.615. The lowest BCUT2D eigenvalue weighted by atomic mass is 9.96. The summed E-state index contributed by atoms with van der Waals surface area (Å²) in [7, 11) is 1.83. The van der Waals surface area contributed by atoms with Crippen molar-refractivity contribution in [2.75, 3.05) is 20.1 Å². The van der Waals surface area contributed by atoms with Crippen molar-refractivity contribution in [3.8, 4) is 0 Å². The first-order chi connectivity index (χ1) is 8.25. The van der Waals surface area contributed by atoms with Gasteiger partial charge >= 0.3 is 0 Å². The second kappa shape index (κ2) is 5.87. The SMILES string of the molecule is CN(Cc1ccco1)C(=O)CC1CCCNC1. The highest BCUT2D eigenvalue weighted by molar-refractivity contribution is 5.76. The summed E-state index contributed by atoms with van der Waals surface area (Å²) in [6.07, 6.45) is 4.62. The number of piperidine rings is 1. The molecule has 94 valence electrons. The lowest BCUT2D eigenvalue weighted by Crippen LogP contribution is -2.34. The van der Waals surface area contributed by atoms with Gasteiger partial charge < -0.3 is 14.6 Å². The van der Waals surface area contributed by atoms with Gasteiger partial charge in [-0.3, -0.25) is 4.79 Å². The normalized spacial score (nSPS) is 20.2. The van der Waals surface area contributed by atoms with Gasteiger partial charge in [-0.05, 0) is 44.0 Å². The molecule has 1 fully saturated rings. The Morgan fingerprint density at radius 2 is 2.53 bits per heavy atom. The maximum atomic E-state index is 12.0. The van der Waals surface area contributed by atoms with Gasteiger partial charge in [0.05, 0.1) is 12.8 Å². The van der Waals surface area contributed by atoms with Crippen molar-refractivity contribution in [1.82, 2.24) is 10.2 Å². The summed E-state index contributed by atoms with van der Waals surface area (Å²) in [6, 6.07) is 3.74. The lowest BCUT2D eigenvalue weighted by molar-refractivity contribution is -0.131. The quantitative estimate of drug-likeness (QED) is 0.864. The van der Waals surface area contributed by atoms with Crippen LogP contribution in [0.3, 0.4) is 0 Å². The van der Waals surface area contributed by atoms with E-state index >= 15 is 0 Å². The molecule has 1 saturated heterocycles. The summed E-state index contributed by atoms with van der Waals surface area (Å²) in [5.41, 5.74) is 0. The van der Waals surface area contributed by atoms with Crippen LogP contribution in [-0.2, 0) is 11.3 Å². The number of carbonyl (C=O) groups is 1. The van der Waals surface area contributed by atoms with E-state index in [4.69, 9.17) is 4.42 Å². The van der Waals surface area contributed by atoms with E-state index in [1.807, 2.05) is 19.2 Å². The van der Waals surface area contributed by atoms with E-state index in [1.54, 1.807) is 11.2 Å². The van der Waals surface area contributed by atoms with Crippen molar-refractivity contribution in [2.45, 2.75) is 25.8 Å². The van der Waals surface area contributed by atoms with E-state index in [9.17, 15) is 4.79 Å². The average molecular weight is 236 g/mol. The van der Waals surface area contributed by atoms with Crippen molar-refractivity contribution < 1.29 is 9.21 Å². The molecule has 0 spiro atoms. The highest BCUT2D eigenvalue weighted by Crippen LogP contribution is 2.15. The molecule has 2 heterocycles. The van der Waals surface area contributed by atoms with Crippen molar-refractivity contribution in [1.29, 1.82) is 0 Å². The third kappa shape index (κ3) is 3.60. The molecule has 1 unspecified atom stereocenters. The molecule has 1 atom stereocenters. The van der Waals surface area contributed by atoms with Gasteiger partial charge in [-0.25, -0.2) is 0 Å². The van der Waals surface area contributed by atoms with E-state index in [0.717, 1.165) is 25.3 Å². The number of rotatable bonds is 4. The topological polar surface area (TPSA) is 45.5 Å². The second-order valence-electron chi connectivity index (χ2n) is 4.75. The van der Waals surface area contributed by atoms with Crippen LogP contribution < -0.4 is 5.32 Å². The van der Waals surface area contributed by atoms with E-state index in [0.29, 0.717) is 18.9 Å². The number of hydrogen-bond acceptors (Lipinski definition) is 3. The summed E-state index contributed by atoms with van der Waals surface area (Å²) in [6.45, 7) is 2.62. The number of nitrogens with one attached hydrogen (secondary N) is 1. The van der Waals surface area contributed by atoms with E-state index in [-0.39, 0.29) is 5.91 Å². The molecule has 0 saturated carbocycles. The van der Waals surface area contributed by atoms with Crippen LogP contribution in [0.2, 0.25) is 0 Å². The Bertz CT molecular complexity index is 342.